The highest BCUT2D eigenvalue weighted by Gasteiger charge is 2.30. The highest BCUT2D eigenvalue weighted by Crippen LogP contribution is 2.44. The molecule has 1 aliphatic carbocycles. The number of rotatable bonds is 2. The van der Waals surface area contributed by atoms with E-state index in [9.17, 15) is 4.79 Å². The van der Waals surface area contributed by atoms with E-state index < -0.39 is 5.97 Å². The third kappa shape index (κ3) is 1.54. The van der Waals surface area contributed by atoms with Crippen molar-refractivity contribution in [3.63, 3.8) is 0 Å². The van der Waals surface area contributed by atoms with Crippen LogP contribution in [-0.4, -0.2) is 5.97 Å². The van der Waals surface area contributed by atoms with Gasteiger partial charge in [-0.3, -0.25) is 0 Å². The Kier molecular flexibility index (Phi) is 2.49. The lowest BCUT2D eigenvalue weighted by molar-refractivity contribution is -0.141. The van der Waals surface area contributed by atoms with E-state index in [1.807, 2.05) is 36.4 Å². The number of benzene rings is 2. The first-order chi connectivity index (χ1) is 8.81. The van der Waals surface area contributed by atoms with Gasteiger partial charge < -0.3 is 4.74 Å². The molecule has 2 heteroatoms. The zero-order chi connectivity index (χ0) is 12.5. The van der Waals surface area contributed by atoms with Gasteiger partial charge in [-0.05, 0) is 11.1 Å². The summed E-state index contributed by atoms with van der Waals surface area (Å²) in [7, 11) is 0. The Morgan fingerprint density at radius 3 is 2.00 bits per heavy atom. The van der Waals surface area contributed by atoms with Crippen LogP contribution in [-0.2, 0) is 9.53 Å². The highest BCUT2D eigenvalue weighted by atomic mass is 16.5. The fraction of sp³-hybridized carbons (Fsp3) is 0.0625. The minimum absolute atomic E-state index is 0.317. The minimum atomic E-state index is -0.397. The molecule has 0 fully saturated rings. The number of esters is 1. The fourth-order valence-corrected chi connectivity index (χ4v) is 2.40. The van der Waals surface area contributed by atoms with Crippen molar-refractivity contribution < 1.29 is 9.53 Å². The van der Waals surface area contributed by atoms with Crippen LogP contribution in [0.25, 0.3) is 11.1 Å². The van der Waals surface area contributed by atoms with Crippen LogP contribution >= 0.6 is 0 Å². The zero-order valence-corrected chi connectivity index (χ0v) is 9.80. The van der Waals surface area contributed by atoms with E-state index in [-0.39, 0.29) is 6.10 Å². The van der Waals surface area contributed by atoms with E-state index in [1.165, 1.54) is 6.08 Å². The van der Waals surface area contributed by atoms with Gasteiger partial charge in [-0.15, -0.1) is 0 Å². The molecule has 0 bridgehead atoms. The number of ether oxygens (including phenoxy) is 1. The van der Waals surface area contributed by atoms with Crippen LogP contribution < -0.4 is 0 Å². The second-order valence-corrected chi connectivity index (χ2v) is 4.20. The number of fused-ring (bicyclic) bond motifs is 3. The molecule has 18 heavy (non-hydrogen) atoms. The smallest absolute Gasteiger partial charge is 0.331 e. The van der Waals surface area contributed by atoms with Crippen LogP contribution in [0.2, 0.25) is 0 Å². The summed E-state index contributed by atoms with van der Waals surface area (Å²) in [6, 6.07) is 16.0. The average Bonchev–Trinajstić information content (AvgIpc) is 2.74. The van der Waals surface area contributed by atoms with Crippen molar-refractivity contribution in [3.8, 4) is 11.1 Å². The predicted molar refractivity (Wildman–Crippen MR) is 70.0 cm³/mol. The summed E-state index contributed by atoms with van der Waals surface area (Å²) in [6.07, 6.45) is 0.881. The van der Waals surface area contributed by atoms with Gasteiger partial charge in [0.25, 0.3) is 0 Å². The van der Waals surface area contributed by atoms with Crippen LogP contribution in [0.15, 0.2) is 61.2 Å². The van der Waals surface area contributed by atoms with Gasteiger partial charge in [0.05, 0.1) is 0 Å². The van der Waals surface area contributed by atoms with Gasteiger partial charge in [0, 0.05) is 17.2 Å². The summed E-state index contributed by atoms with van der Waals surface area (Å²) < 4.78 is 5.46. The van der Waals surface area contributed by atoms with Gasteiger partial charge in [0.2, 0.25) is 0 Å². The van der Waals surface area contributed by atoms with Crippen LogP contribution in [0, 0.1) is 0 Å². The van der Waals surface area contributed by atoms with Crippen molar-refractivity contribution in [1.29, 1.82) is 0 Å². The van der Waals surface area contributed by atoms with Crippen molar-refractivity contribution in [2.45, 2.75) is 6.10 Å². The second-order valence-electron chi connectivity index (χ2n) is 4.20. The lowest BCUT2D eigenvalue weighted by Gasteiger charge is -2.13. The third-order valence-electron chi connectivity index (χ3n) is 3.18. The Balaban J connectivity index is 2.14. The number of hydrogen-bond acceptors (Lipinski definition) is 2. The van der Waals surface area contributed by atoms with E-state index in [0.717, 1.165) is 22.3 Å². The van der Waals surface area contributed by atoms with Gasteiger partial charge in [-0.2, -0.15) is 0 Å². The molecule has 0 spiro atoms. The van der Waals surface area contributed by atoms with Crippen LogP contribution in [0.3, 0.4) is 0 Å². The van der Waals surface area contributed by atoms with E-state index >= 15 is 0 Å². The van der Waals surface area contributed by atoms with E-state index in [0.29, 0.717) is 0 Å². The fourth-order valence-electron chi connectivity index (χ4n) is 2.40. The quantitative estimate of drug-likeness (QED) is 0.589. The average molecular weight is 236 g/mol. The summed E-state index contributed by atoms with van der Waals surface area (Å²) in [5, 5.41) is 0. The van der Waals surface area contributed by atoms with Crippen molar-refractivity contribution in [1.82, 2.24) is 0 Å². The predicted octanol–water partition coefficient (Wildman–Crippen LogP) is 3.49. The summed E-state index contributed by atoms with van der Waals surface area (Å²) in [6.45, 7) is 3.44. The molecule has 0 heterocycles. The SMILES string of the molecule is C=CC(=O)OC1c2ccccc2-c2ccccc21. The van der Waals surface area contributed by atoms with Gasteiger partial charge in [-0.25, -0.2) is 4.79 Å². The standard InChI is InChI=1S/C16H12O2/c1-2-15(17)18-16-13-9-5-3-7-11(13)12-8-4-6-10-14(12)16/h2-10,16H,1H2. The molecule has 2 aromatic carbocycles. The normalized spacial score (nSPS) is 12.7. The summed E-state index contributed by atoms with van der Waals surface area (Å²) in [4.78, 5) is 11.4. The van der Waals surface area contributed by atoms with Crippen molar-refractivity contribution in [3.05, 3.63) is 72.3 Å². The second kappa shape index (κ2) is 4.15. The van der Waals surface area contributed by atoms with Crippen molar-refractivity contribution in [2.24, 2.45) is 0 Å². The first-order valence-electron chi connectivity index (χ1n) is 5.82. The Hall–Kier alpha value is -2.35. The largest absolute Gasteiger partial charge is 0.449 e. The monoisotopic (exact) mass is 236 g/mol. The van der Waals surface area contributed by atoms with Gasteiger partial charge in [0.1, 0.15) is 0 Å². The molecule has 0 amide bonds. The molecule has 0 radical (unpaired) electrons. The Bertz CT molecular complexity index is 583. The summed E-state index contributed by atoms with van der Waals surface area (Å²) in [5.41, 5.74) is 4.34. The molecule has 0 aliphatic heterocycles. The highest BCUT2D eigenvalue weighted by molar-refractivity contribution is 5.84. The lowest BCUT2D eigenvalue weighted by atomic mass is 10.1. The number of carbonyl (C=O) groups excluding carboxylic acids is 1. The van der Waals surface area contributed by atoms with E-state index in [4.69, 9.17) is 4.74 Å². The first-order valence-corrected chi connectivity index (χ1v) is 5.82. The van der Waals surface area contributed by atoms with Crippen molar-refractivity contribution in [2.75, 3.05) is 0 Å². The third-order valence-corrected chi connectivity index (χ3v) is 3.18. The topological polar surface area (TPSA) is 26.3 Å². The van der Waals surface area contributed by atoms with Gasteiger partial charge in [0.15, 0.2) is 6.10 Å². The number of carbonyl (C=O) groups is 1. The maximum Gasteiger partial charge on any atom is 0.331 e. The molecule has 2 aromatic rings. The molecule has 88 valence electrons. The lowest BCUT2D eigenvalue weighted by Crippen LogP contribution is -2.07. The van der Waals surface area contributed by atoms with E-state index in [2.05, 4.69) is 18.7 Å². The van der Waals surface area contributed by atoms with Crippen LogP contribution in [0.4, 0.5) is 0 Å². The molecular formula is C16H12O2. The summed E-state index contributed by atoms with van der Waals surface area (Å²) >= 11 is 0. The molecular weight excluding hydrogens is 224 g/mol. The minimum Gasteiger partial charge on any atom is -0.449 e. The van der Waals surface area contributed by atoms with E-state index in [1.54, 1.807) is 0 Å². The van der Waals surface area contributed by atoms with Crippen LogP contribution in [0.5, 0.6) is 0 Å². The van der Waals surface area contributed by atoms with Crippen LogP contribution in [0.1, 0.15) is 17.2 Å². The molecule has 1 aliphatic rings. The zero-order valence-electron chi connectivity index (χ0n) is 9.80. The Morgan fingerprint density at radius 2 is 1.50 bits per heavy atom. The maximum absolute atomic E-state index is 11.4. The maximum atomic E-state index is 11.4. The molecule has 0 saturated heterocycles. The molecule has 3 rings (SSSR count). The van der Waals surface area contributed by atoms with Gasteiger partial charge in [-0.1, -0.05) is 55.1 Å². The number of hydrogen-bond donors (Lipinski definition) is 0. The van der Waals surface area contributed by atoms with Gasteiger partial charge >= 0.3 is 5.97 Å². The van der Waals surface area contributed by atoms with Crippen molar-refractivity contribution >= 4 is 5.97 Å². The Morgan fingerprint density at radius 1 is 1.00 bits per heavy atom. The molecule has 0 aromatic heterocycles. The molecule has 2 nitrogen and oxygen atoms in total. The first kappa shape index (κ1) is 10.8. The molecule has 0 atom stereocenters. The molecule has 0 unspecified atom stereocenters. The Labute approximate surface area is 106 Å². The summed E-state index contributed by atoms with van der Waals surface area (Å²) in [5.74, 6) is -0.397. The molecule has 0 saturated carbocycles. The molecule has 0 N–H and O–H groups in total.